The molecule has 1 saturated heterocycles. The molecular weight excluding hydrogens is 246 g/mol. The maximum absolute atomic E-state index is 12.3. The van der Waals surface area contributed by atoms with Gasteiger partial charge in [-0.15, -0.1) is 0 Å². The number of rotatable bonds is 1. The fourth-order valence-corrected chi connectivity index (χ4v) is 2.46. The van der Waals surface area contributed by atoms with Gasteiger partial charge in [-0.1, -0.05) is 18.2 Å². The van der Waals surface area contributed by atoms with Gasteiger partial charge >= 0.3 is 0 Å². The maximum atomic E-state index is 12.3. The second kappa shape index (κ2) is 4.01. The molecule has 3 rings (SSSR count). The normalized spacial score (nSPS) is 22.5. The second-order valence-electron chi connectivity index (χ2n) is 4.54. The molecule has 0 aromatic heterocycles. The molecule has 2 N–H and O–H groups in total. The lowest BCUT2D eigenvalue weighted by Crippen LogP contribution is -2.54. The highest BCUT2D eigenvalue weighted by molar-refractivity contribution is 6.24. The Hall–Kier alpha value is -2.50. The summed E-state index contributed by atoms with van der Waals surface area (Å²) >= 11 is 0. The molecule has 0 aliphatic carbocycles. The molecule has 96 valence electrons. The molecule has 0 spiro atoms. The minimum absolute atomic E-state index is 0.0232. The topological polar surface area (TPSA) is 90.3 Å². The Morgan fingerprint density at radius 1 is 1.16 bits per heavy atom. The van der Waals surface area contributed by atoms with E-state index < -0.39 is 11.9 Å². The third-order valence-electron chi connectivity index (χ3n) is 3.39. The first-order valence-electron chi connectivity index (χ1n) is 5.95. The summed E-state index contributed by atoms with van der Waals surface area (Å²) < 4.78 is 0. The number of nitrogens with one attached hydrogen (secondary N) is 2. The van der Waals surface area contributed by atoms with Crippen LogP contribution in [0.15, 0.2) is 24.3 Å². The van der Waals surface area contributed by atoms with Gasteiger partial charge in [-0.2, -0.15) is 0 Å². The van der Waals surface area contributed by atoms with Crippen molar-refractivity contribution in [2.24, 2.45) is 0 Å². The maximum Gasteiger partial charge on any atom is 0.260 e. The van der Waals surface area contributed by atoms with Crippen LogP contribution in [0.2, 0.25) is 0 Å². The summed E-state index contributed by atoms with van der Waals surface area (Å²) in [5.41, 5.74) is 0.953. The molecule has 6 nitrogen and oxygen atoms in total. The van der Waals surface area contributed by atoms with Crippen LogP contribution in [0, 0.1) is 5.41 Å². The van der Waals surface area contributed by atoms with Crippen molar-refractivity contribution in [2.75, 3.05) is 0 Å². The number of carbonyl (C=O) groups is 3. The third kappa shape index (κ3) is 1.64. The van der Waals surface area contributed by atoms with Crippen LogP contribution in [-0.4, -0.2) is 34.5 Å². The molecule has 3 amide bonds. The molecule has 2 heterocycles. The molecular formula is C13H11N3O3. The fourth-order valence-electron chi connectivity index (χ4n) is 2.46. The number of amides is 3. The zero-order chi connectivity index (χ0) is 13.6. The van der Waals surface area contributed by atoms with Crippen molar-refractivity contribution in [1.29, 1.82) is 5.41 Å². The van der Waals surface area contributed by atoms with Crippen molar-refractivity contribution in [2.45, 2.75) is 18.9 Å². The highest BCUT2D eigenvalue weighted by Gasteiger charge is 2.42. The van der Waals surface area contributed by atoms with E-state index in [1.54, 1.807) is 24.3 Å². The summed E-state index contributed by atoms with van der Waals surface area (Å²) in [4.78, 5) is 36.4. The quantitative estimate of drug-likeness (QED) is 0.708. The molecule has 1 atom stereocenters. The Kier molecular flexibility index (Phi) is 2.45. The van der Waals surface area contributed by atoms with Crippen LogP contribution in [0.5, 0.6) is 0 Å². The molecule has 0 saturated carbocycles. The second-order valence-corrected chi connectivity index (χ2v) is 4.54. The molecule has 1 unspecified atom stereocenters. The highest BCUT2D eigenvalue weighted by Crippen LogP contribution is 2.26. The Balaban J connectivity index is 1.96. The van der Waals surface area contributed by atoms with Crippen LogP contribution < -0.4 is 5.32 Å². The molecule has 2 aliphatic heterocycles. The monoisotopic (exact) mass is 257 g/mol. The van der Waals surface area contributed by atoms with Gasteiger partial charge in [0.1, 0.15) is 11.9 Å². The Labute approximate surface area is 108 Å². The van der Waals surface area contributed by atoms with Crippen LogP contribution in [-0.2, 0) is 9.59 Å². The van der Waals surface area contributed by atoms with Gasteiger partial charge in [-0.05, 0) is 12.5 Å². The van der Waals surface area contributed by atoms with Gasteiger partial charge in [0.15, 0.2) is 0 Å². The highest BCUT2D eigenvalue weighted by atomic mass is 16.2. The number of nitrogens with zero attached hydrogens (tertiary/aromatic N) is 1. The van der Waals surface area contributed by atoms with E-state index in [0.717, 1.165) is 0 Å². The van der Waals surface area contributed by atoms with E-state index in [4.69, 9.17) is 5.41 Å². The number of piperidine rings is 1. The van der Waals surface area contributed by atoms with Crippen molar-refractivity contribution in [1.82, 2.24) is 10.2 Å². The Bertz CT molecular complexity index is 588. The first kappa shape index (κ1) is 11.6. The molecule has 0 radical (unpaired) electrons. The molecule has 1 aromatic carbocycles. The van der Waals surface area contributed by atoms with Crippen molar-refractivity contribution in [3.63, 3.8) is 0 Å². The van der Waals surface area contributed by atoms with E-state index in [2.05, 4.69) is 5.32 Å². The first-order chi connectivity index (χ1) is 9.09. The zero-order valence-electron chi connectivity index (χ0n) is 9.97. The number of imide groups is 1. The number of hydrogen-bond acceptors (Lipinski definition) is 4. The van der Waals surface area contributed by atoms with E-state index in [1.807, 2.05) is 0 Å². The van der Waals surface area contributed by atoms with Crippen molar-refractivity contribution < 1.29 is 14.4 Å². The minimum atomic E-state index is -0.773. The average molecular weight is 257 g/mol. The predicted octanol–water partition coefficient (Wildman–Crippen LogP) is 0.273. The molecule has 1 fully saturated rings. The van der Waals surface area contributed by atoms with Gasteiger partial charge < -0.3 is 0 Å². The van der Waals surface area contributed by atoms with Crippen LogP contribution in [0.1, 0.15) is 28.8 Å². The van der Waals surface area contributed by atoms with Gasteiger partial charge in [0, 0.05) is 12.0 Å². The zero-order valence-corrected chi connectivity index (χ0v) is 9.97. The van der Waals surface area contributed by atoms with E-state index in [0.29, 0.717) is 11.1 Å². The predicted molar refractivity (Wildman–Crippen MR) is 65.6 cm³/mol. The average Bonchev–Trinajstić information content (AvgIpc) is 2.64. The van der Waals surface area contributed by atoms with Crippen molar-refractivity contribution in [3.8, 4) is 0 Å². The van der Waals surface area contributed by atoms with Crippen LogP contribution in [0.3, 0.4) is 0 Å². The molecule has 19 heavy (non-hydrogen) atoms. The summed E-state index contributed by atoms with van der Waals surface area (Å²) in [5, 5.41) is 10.2. The number of hydrogen-bond donors (Lipinski definition) is 2. The van der Waals surface area contributed by atoms with Gasteiger partial charge in [0.2, 0.25) is 11.8 Å². The summed E-state index contributed by atoms with van der Waals surface area (Å²) in [5.74, 6) is -1.18. The number of amidine groups is 1. The van der Waals surface area contributed by atoms with Gasteiger partial charge in [-0.25, -0.2) is 0 Å². The summed E-state index contributed by atoms with van der Waals surface area (Å²) in [7, 11) is 0. The van der Waals surface area contributed by atoms with E-state index in [9.17, 15) is 14.4 Å². The SMILES string of the molecule is N=C1c2ccccc2C(=O)N1C1CCC(=O)NC1=O. The first-order valence-corrected chi connectivity index (χ1v) is 5.95. The van der Waals surface area contributed by atoms with Crippen molar-refractivity contribution >= 4 is 23.6 Å². The number of benzene rings is 1. The lowest BCUT2D eigenvalue weighted by molar-refractivity contribution is -0.135. The smallest absolute Gasteiger partial charge is 0.260 e. The summed E-state index contributed by atoms with van der Waals surface area (Å²) in [6.45, 7) is 0. The van der Waals surface area contributed by atoms with Crippen LogP contribution in [0.4, 0.5) is 0 Å². The van der Waals surface area contributed by atoms with E-state index in [1.165, 1.54) is 4.90 Å². The van der Waals surface area contributed by atoms with Crippen LogP contribution in [0.25, 0.3) is 0 Å². The largest absolute Gasteiger partial charge is 0.295 e. The Morgan fingerprint density at radius 2 is 1.84 bits per heavy atom. The van der Waals surface area contributed by atoms with E-state index in [-0.39, 0.29) is 30.5 Å². The lowest BCUT2D eigenvalue weighted by Gasteiger charge is -2.29. The minimum Gasteiger partial charge on any atom is -0.295 e. The standard InChI is InChI=1S/C13H11N3O3/c14-11-7-3-1-2-4-8(7)13(19)16(11)9-5-6-10(17)15-12(9)18/h1-4,9,14H,5-6H2,(H,15,17,18). The molecule has 1 aromatic rings. The number of fused-ring (bicyclic) bond motifs is 1. The van der Waals surface area contributed by atoms with Crippen molar-refractivity contribution in [3.05, 3.63) is 35.4 Å². The van der Waals surface area contributed by atoms with Crippen LogP contribution >= 0.6 is 0 Å². The summed E-state index contributed by atoms with van der Waals surface area (Å²) in [6.07, 6.45) is 0.441. The Morgan fingerprint density at radius 3 is 2.47 bits per heavy atom. The number of carbonyl (C=O) groups excluding carboxylic acids is 3. The van der Waals surface area contributed by atoms with Gasteiger partial charge in [0.05, 0.1) is 5.56 Å². The molecule has 6 heteroatoms. The fraction of sp³-hybridized carbons (Fsp3) is 0.231. The van der Waals surface area contributed by atoms with E-state index >= 15 is 0 Å². The molecule has 0 bridgehead atoms. The third-order valence-corrected chi connectivity index (χ3v) is 3.39. The molecule has 2 aliphatic rings. The van der Waals surface area contributed by atoms with Gasteiger partial charge in [-0.3, -0.25) is 30.0 Å². The summed E-state index contributed by atoms with van der Waals surface area (Å²) in [6, 6.07) is 6.01. The van der Waals surface area contributed by atoms with Gasteiger partial charge in [0.25, 0.3) is 5.91 Å². The lowest BCUT2D eigenvalue weighted by atomic mass is 10.0.